The summed E-state index contributed by atoms with van der Waals surface area (Å²) in [5.74, 6) is 0.658. The van der Waals surface area contributed by atoms with E-state index >= 15 is 0 Å². The SMILES string of the molecule is COc1ccc(CC2(OC)CCNCC2)cn1. The number of hydrogen-bond donors (Lipinski definition) is 1. The minimum Gasteiger partial charge on any atom is -0.481 e. The van der Waals surface area contributed by atoms with Gasteiger partial charge in [-0.25, -0.2) is 4.98 Å². The molecule has 1 aliphatic rings. The van der Waals surface area contributed by atoms with E-state index in [0.29, 0.717) is 5.88 Å². The minimum absolute atomic E-state index is 0.0263. The van der Waals surface area contributed by atoms with Gasteiger partial charge in [0.05, 0.1) is 12.7 Å². The van der Waals surface area contributed by atoms with E-state index in [1.165, 1.54) is 5.56 Å². The highest BCUT2D eigenvalue weighted by Gasteiger charge is 2.31. The molecule has 4 nitrogen and oxygen atoms in total. The van der Waals surface area contributed by atoms with Gasteiger partial charge < -0.3 is 14.8 Å². The highest BCUT2D eigenvalue weighted by atomic mass is 16.5. The molecule has 0 amide bonds. The number of nitrogens with zero attached hydrogens (tertiary/aromatic N) is 1. The van der Waals surface area contributed by atoms with Gasteiger partial charge in [-0.15, -0.1) is 0 Å². The zero-order valence-corrected chi connectivity index (χ0v) is 10.5. The van der Waals surface area contributed by atoms with Crippen LogP contribution in [0.5, 0.6) is 5.88 Å². The number of ether oxygens (including phenoxy) is 2. The quantitative estimate of drug-likeness (QED) is 0.858. The third kappa shape index (κ3) is 2.96. The van der Waals surface area contributed by atoms with Crippen molar-refractivity contribution in [2.24, 2.45) is 0 Å². The Balaban J connectivity index is 2.06. The molecule has 2 rings (SSSR count). The van der Waals surface area contributed by atoms with Gasteiger partial charge in [0.1, 0.15) is 0 Å². The molecule has 1 aromatic rings. The third-order valence-corrected chi connectivity index (χ3v) is 3.48. The van der Waals surface area contributed by atoms with Crippen molar-refractivity contribution in [1.82, 2.24) is 10.3 Å². The van der Waals surface area contributed by atoms with Gasteiger partial charge in [-0.1, -0.05) is 6.07 Å². The molecule has 0 spiro atoms. The molecule has 1 aliphatic heterocycles. The van der Waals surface area contributed by atoms with Crippen LogP contribution in [0.2, 0.25) is 0 Å². The van der Waals surface area contributed by atoms with Gasteiger partial charge in [0, 0.05) is 25.8 Å². The summed E-state index contributed by atoms with van der Waals surface area (Å²) in [5.41, 5.74) is 1.18. The van der Waals surface area contributed by atoms with E-state index in [1.54, 1.807) is 7.11 Å². The molecule has 1 N–H and O–H groups in total. The van der Waals surface area contributed by atoms with E-state index in [0.717, 1.165) is 32.4 Å². The molecule has 1 saturated heterocycles. The third-order valence-electron chi connectivity index (χ3n) is 3.48. The molecule has 1 aromatic heterocycles. The maximum Gasteiger partial charge on any atom is 0.212 e. The molecule has 0 aliphatic carbocycles. The van der Waals surface area contributed by atoms with Crippen molar-refractivity contribution in [3.05, 3.63) is 23.9 Å². The molecular formula is C13H20N2O2. The Labute approximate surface area is 102 Å². The fraction of sp³-hybridized carbons (Fsp3) is 0.615. The van der Waals surface area contributed by atoms with Crippen LogP contribution >= 0.6 is 0 Å². The first-order chi connectivity index (χ1) is 8.28. The van der Waals surface area contributed by atoms with Crippen molar-refractivity contribution in [3.63, 3.8) is 0 Å². The van der Waals surface area contributed by atoms with Gasteiger partial charge in [-0.05, 0) is 31.5 Å². The maximum atomic E-state index is 5.74. The van der Waals surface area contributed by atoms with Crippen molar-refractivity contribution >= 4 is 0 Å². The fourth-order valence-corrected chi connectivity index (χ4v) is 2.34. The number of piperidine rings is 1. The Kier molecular flexibility index (Phi) is 3.97. The lowest BCUT2D eigenvalue weighted by atomic mass is 9.86. The Bertz CT molecular complexity index is 345. The number of pyridine rings is 1. The van der Waals surface area contributed by atoms with Crippen molar-refractivity contribution in [1.29, 1.82) is 0 Å². The lowest BCUT2D eigenvalue weighted by Crippen LogP contribution is -2.44. The summed E-state index contributed by atoms with van der Waals surface area (Å²) in [6.45, 7) is 2.05. The molecule has 0 aromatic carbocycles. The summed E-state index contributed by atoms with van der Waals surface area (Å²) < 4.78 is 10.8. The number of rotatable bonds is 4. The Morgan fingerprint density at radius 2 is 2.06 bits per heavy atom. The van der Waals surface area contributed by atoms with E-state index in [9.17, 15) is 0 Å². The lowest BCUT2D eigenvalue weighted by Gasteiger charge is -2.36. The number of methoxy groups -OCH3 is 2. The molecule has 0 atom stereocenters. The standard InChI is InChI=1S/C13H20N2O2/c1-16-12-4-3-11(10-15-12)9-13(17-2)5-7-14-8-6-13/h3-4,10,14H,5-9H2,1-2H3. The first-order valence-electron chi connectivity index (χ1n) is 6.03. The number of aromatic nitrogens is 1. The van der Waals surface area contributed by atoms with Crippen molar-refractivity contribution < 1.29 is 9.47 Å². The first-order valence-corrected chi connectivity index (χ1v) is 6.03. The summed E-state index contributed by atoms with van der Waals surface area (Å²) >= 11 is 0. The second-order valence-electron chi connectivity index (χ2n) is 4.52. The highest BCUT2D eigenvalue weighted by molar-refractivity contribution is 5.19. The summed E-state index contributed by atoms with van der Waals surface area (Å²) in [5, 5.41) is 3.36. The monoisotopic (exact) mass is 236 g/mol. The van der Waals surface area contributed by atoms with Gasteiger partial charge in [0.2, 0.25) is 5.88 Å². The first kappa shape index (κ1) is 12.3. The zero-order chi connectivity index (χ0) is 12.1. The van der Waals surface area contributed by atoms with Gasteiger partial charge in [-0.3, -0.25) is 0 Å². The highest BCUT2D eigenvalue weighted by Crippen LogP contribution is 2.27. The average molecular weight is 236 g/mol. The molecule has 4 heteroatoms. The van der Waals surface area contributed by atoms with Crippen LogP contribution in [-0.2, 0) is 11.2 Å². The van der Waals surface area contributed by atoms with E-state index in [-0.39, 0.29) is 5.60 Å². The van der Waals surface area contributed by atoms with E-state index in [2.05, 4.69) is 16.4 Å². The molecule has 17 heavy (non-hydrogen) atoms. The van der Waals surface area contributed by atoms with Crippen LogP contribution in [-0.4, -0.2) is 37.9 Å². The van der Waals surface area contributed by atoms with Gasteiger partial charge in [0.25, 0.3) is 0 Å². The van der Waals surface area contributed by atoms with E-state index in [4.69, 9.17) is 9.47 Å². The number of hydrogen-bond acceptors (Lipinski definition) is 4. The summed E-state index contributed by atoms with van der Waals surface area (Å²) in [7, 11) is 3.44. The predicted molar refractivity (Wildman–Crippen MR) is 66.3 cm³/mol. The van der Waals surface area contributed by atoms with Crippen LogP contribution < -0.4 is 10.1 Å². The molecular weight excluding hydrogens is 216 g/mol. The normalized spacial score (nSPS) is 18.9. The molecule has 0 unspecified atom stereocenters. The van der Waals surface area contributed by atoms with Crippen LogP contribution in [0.4, 0.5) is 0 Å². The van der Waals surface area contributed by atoms with Gasteiger partial charge >= 0.3 is 0 Å². The van der Waals surface area contributed by atoms with Crippen LogP contribution in [0.15, 0.2) is 18.3 Å². The largest absolute Gasteiger partial charge is 0.481 e. The van der Waals surface area contributed by atoms with Crippen LogP contribution in [0.3, 0.4) is 0 Å². The van der Waals surface area contributed by atoms with Crippen LogP contribution in [0.25, 0.3) is 0 Å². The molecule has 0 radical (unpaired) electrons. The summed E-state index contributed by atoms with van der Waals surface area (Å²) in [6.07, 6.45) is 4.90. The van der Waals surface area contributed by atoms with E-state index in [1.807, 2.05) is 19.4 Å². The molecule has 2 heterocycles. The number of nitrogens with one attached hydrogen (secondary N) is 1. The minimum atomic E-state index is -0.0263. The maximum absolute atomic E-state index is 5.74. The molecule has 0 saturated carbocycles. The second-order valence-corrected chi connectivity index (χ2v) is 4.52. The fourth-order valence-electron chi connectivity index (χ4n) is 2.34. The molecule has 94 valence electrons. The summed E-state index contributed by atoms with van der Waals surface area (Å²) in [6, 6.07) is 3.97. The van der Waals surface area contributed by atoms with Crippen LogP contribution in [0.1, 0.15) is 18.4 Å². The predicted octanol–water partition coefficient (Wildman–Crippen LogP) is 1.40. The molecule has 0 bridgehead atoms. The Morgan fingerprint density at radius 1 is 1.29 bits per heavy atom. The average Bonchev–Trinajstić information content (AvgIpc) is 2.41. The Morgan fingerprint density at radius 3 is 2.59 bits per heavy atom. The van der Waals surface area contributed by atoms with Crippen molar-refractivity contribution in [2.75, 3.05) is 27.3 Å². The zero-order valence-electron chi connectivity index (χ0n) is 10.5. The topological polar surface area (TPSA) is 43.4 Å². The second kappa shape index (κ2) is 5.47. The lowest BCUT2D eigenvalue weighted by molar-refractivity contribution is -0.0334. The van der Waals surface area contributed by atoms with E-state index < -0.39 is 0 Å². The van der Waals surface area contributed by atoms with Crippen LogP contribution in [0, 0.1) is 0 Å². The van der Waals surface area contributed by atoms with Crippen molar-refractivity contribution in [3.8, 4) is 5.88 Å². The Hall–Kier alpha value is -1.13. The van der Waals surface area contributed by atoms with Crippen molar-refractivity contribution in [2.45, 2.75) is 24.9 Å². The van der Waals surface area contributed by atoms with Gasteiger partial charge in [0.15, 0.2) is 0 Å². The van der Waals surface area contributed by atoms with Gasteiger partial charge in [-0.2, -0.15) is 0 Å². The summed E-state index contributed by atoms with van der Waals surface area (Å²) in [4.78, 5) is 4.23. The smallest absolute Gasteiger partial charge is 0.212 e. The molecule has 1 fully saturated rings.